The van der Waals surface area contributed by atoms with Crippen LogP contribution in [0.15, 0.2) is 10.3 Å². The van der Waals surface area contributed by atoms with Gasteiger partial charge in [-0.25, -0.2) is 4.58 Å². The van der Waals surface area contributed by atoms with Gasteiger partial charge in [0.05, 0.1) is 10.8 Å². The average Bonchev–Trinajstić information content (AvgIpc) is 2.85. The predicted molar refractivity (Wildman–Crippen MR) is 64.2 cm³/mol. The fourth-order valence-electron chi connectivity index (χ4n) is 1.53. The zero-order chi connectivity index (χ0) is 9.80. The molecule has 1 aromatic rings. The summed E-state index contributed by atoms with van der Waals surface area (Å²) >= 11 is 1.75. The van der Waals surface area contributed by atoms with Crippen molar-refractivity contribution in [2.45, 2.75) is 17.1 Å². The van der Waals surface area contributed by atoms with E-state index < -0.39 is 0 Å². The molecule has 2 rings (SSSR count). The highest BCUT2D eigenvalue weighted by molar-refractivity contribution is 8.02. The highest BCUT2D eigenvalue weighted by atomic mass is 32.9. The molecular weight excluding hydrogens is 234 g/mol. The van der Waals surface area contributed by atoms with E-state index in [2.05, 4.69) is 10.6 Å². The van der Waals surface area contributed by atoms with E-state index in [0.717, 1.165) is 5.75 Å². The minimum absolute atomic E-state index is 0.270. The maximum absolute atomic E-state index is 8.72. The molecule has 1 fully saturated rings. The Morgan fingerprint density at radius 3 is 2.86 bits per heavy atom. The van der Waals surface area contributed by atoms with Crippen LogP contribution in [-0.2, 0) is 0 Å². The molecular formula is C9H14NOS3+. The lowest BCUT2D eigenvalue weighted by molar-refractivity contribution is 0.322. The highest BCUT2D eigenvalue weighted by Gasteiger charge is 2.14. The molecule has 0 aliphatic carbocycles. The molecule has 1 N–H and O–H groups in total. The summed E-state index contributed by atoms with van der Waals surface area (Å²) in [6.45, 7) is 2.71. The number of hydrogen-bond donors (Lipinski definition) is 1. The molecule has 1 aromatic heterocycles. The normalized spacial score (nSPS) is 16.5. The Morgan fingerprint density at radius 2 is 2.14 bits per heavy atom. The van der Waals surface area contributed by atoms with Crippen LogP contribution in [0, 0.1) is 0 Å². The Morgan fingerprint density at radius 1 is 1.36 bits per heavy atom. The smallest absolute Gasteiger partial charge is 0.268 e. The van der Waals surface area contributed by atoms with Gasteiger partial charge in [-0.15, -0.1) is 11.8 Å². The van der Waals surface area contributed by atoms with E-state index >= 15 is 0 Å². The van der Waals surface area contributed by atoms with E-state index in [1.807, 2.05) is 20.7 Å². The second-order valence-electron chi connectivity index (χ2n) is 3.23. The van der Waals surface area contributed by atoms with Crippen LogP contribution in [0.3, 0.4) is 0 Å². The van der Waals surface area contributed by atoms with Gasteiger partial charge in [-0.1, -0.05) is 10.3 Å². The minimum Gasteiger partial charge on any atom is -0.396 e. The van der Waals surface area contributed by atoms with Crippen LogP contribution in [0.4, 0.5) is 0 Å². The van der Waals surface area contributed by atoms with Crippen molar-refractivity contribution in [3.05, 3.63) is 10.7 Å². The molecule has 0 bridgehead atoms. The third kappa shape index (κ3) is 2.59. The first-order chi connectivity index (χ1) is 6.90. The van der Waals surface area contributed by atoms with Crippen LogP contribution in [0.1, 0.15) is 12.8 Å². The summed E-state index contributed by atoms with van der Waals surface area (Å²) in [6, 6.07) is 2.26. The largest absolute Gasteiger partial charge is 0.396 e. The fraction of sp³-hybridized carbons (Fsp3) is 0.667. The van der Waals surface area contributed by atoms with Crippen LogP contribution < -0.4 is 9.25 Å². The summed E-state index contributed by atoms with van der Waals surface area (Å²) in [5, 5.41) is 8.72. The van der Waals surface area contributed by atoms with Crippen molar-refractivity contribution in [1.82, 2.24) is 4.58 Å². The Labute approximate surface area is 95.3 Å². The molecule has 0 saturated carbocycles. The quantitative estimate of drug-likeness (QED) is 0.497. The van der Waals surface area contributed by atoms with Gasteiger partial charge in [-0.2, -0.15) is 0 Å². The highest BCUT2D eigenvalue weighted by Crippen LogP contribution is 2.23. The second kappa shape index (κ2) is 5.30. The molecule has 2 heterocycles. The van der Waals surface area contributed by atoms with Gasteiger partial charge in [0, 0.05) is 24.7 Å². The molecule has 0 aromatic carbocycles. The molecule has 0 radical (unpaired) electrons. The van der Waals surface area contributed by atoms with Crippen molar-refractivity contribution in [2.24, 2.45) is 0 Å². The van der Waals surface area contributed by atoms with Crippen molar-refractivity contribution in [3.63, 3.8) is 0 Å². The summed E-state index contributed by atoms with van der Waals surface area (Å²) in [5.41, 5.74) is 0. The second-order valence-corrected chi connectivity index (χ2v) is 6.82. The third-order valence-electron chi connectivity index (χ3n) is 2.20. The third-order valence-corrected chi connectivity index (χ3v) is 6.13. The van der Waals surface area contributed by atoms with Crippen molar-refractivity contribution in [3.8, 4) is 0 Å². The number of aliphatic hydroxyl groups excluding tert-OH is 1. The van der Waals surface area contributed by atoms with E-state index in [0.29, 0.717) is 0 Å². The molecule has 0 unspecified atom stereocenters. The van der Waals surface area contributed by atoms with Gasteiger partial charge in [0.25, 0.3) is 4.67 Å². The van der Waals surface area contributed by atoms with Gasteiger partial charge in [0.15, 0.2) is 0 Å². The SMILES string of the molecule is OCCSc1cc(=[N+]2CCCC2)ss1. The van der Waals surface area contributed by atoms with E-state index in [-0.39, 0.29) is 6.61 Å². The van der Waals surface area contributed by atoms with Crippen LogP contribution in [-0.4, -0.2) is 30.6 Å². The van der Waals surface area contributed by atoms with E-state index in [1.54, 1.807) is 11.8 Å². The molecule has 0 spiro atoms. The molecule has 0 amide bonds. The minimum atomic E-state index is 0.270. The first kappa shape index (κ1) is 10.7. The average molecular weight is 248 g/mol. The monoisotopic (exact) mass is 248 g/mol. The molecule has 1 aliphatic heterocycles. The Bertz CT molecular complexity index is 347. The predicted octanol–water partition coefficient (Wildman–Crippen LogP) is 1.46. The lowest BCUT2D eigenvalue weighted by Gasteiger charge is -1.89. The summed E-state index contributed by atoms with van der Waals surface area (Å²) in [7, 11) is 3.69. The number of aliphatic hydroxyl groups is 1. The maximum Gasteiger partial charge on any atom is 0.268 e. The van der Waals surface area contributed by atoms with E-state index in [1.165, 1.54) is 34.8 Å². The molecule has 0 atom stereocenters. The summed E-state index contributed by atoms with van der Waals surface area (Å²) < 4.78 is 5.21. The van der Waals surface area contributed by atoms with Crippen molar-refractivity contribution in [1.29, 1.82) is 0 Å². The zero-order valence-corrected chi connectivity index (χ0v) is 10.4. The molecule has 1 aliphatic rings. The van der Waals surface area contributed by atoms with Crippen LogP contribution in [0.2, 0.25) is 0 Å². The van der Waals surface area contributed by atoms with Gasteiger partial charge < -0.3 is 5.11 Å². The van der Waals surface area contributed by atoms with Gasteiger partial charge in [0.2, 0.25) is 0 Å². The lowest BCUT2D eigenvalue weighted by atomic mass is 10.4. The summed E-state index contributed by atoms with van der Waals surface area (Å²) in [5.74, 6) is 0.812. The molecule has 5 heteroatoms. The van der Waals surface area contributed by atoms with Gasteiger partial charge in [-0.3, -0.25) is 0 Å². The van der Waals surface area contributed by atoms with Crippen LogP contribution >= 0.6 is 32.4 Å². The van der Waals surface area contributed by atoms with Crippen molar-refractivity contribution in [2.75, 3.05) is 25.4 Å². The van der Waals surface area contributed by atoms with Crippen molar-refractivity contribution < 1.29 is 5.11 Å². The van der Waals surface area contributed by atoms with Crippen molar-refractivity contribution >= 4 is 32.4 Å². The Kier molecular flexibility index (Phi) is 4.04. The Hall–Kier alpha value is 0.160. The molecule has 1 saturated heterocycles. The molecule has 14 heavy (non-hydrogen) atoms. The number of thioether (sulfide) groups is 1. The molecule has 2 nitrogen and oxygen atoms in total. The Balaban J connectivity index is 2.12. The van der Waals surface area contributed by atoms with E-state index in [4.69, 9.17) is 5.11 Å². The van der Waals surface area contributed by atoms with E-state index in [9.17, 15) is 0 Å². The standard InChI is InChI=1S/C9H14NOS3/c11-5-6-12-9-7-8(13-14-9)10-3-1-2-4-10/h7,11H,1-6H2/q+1. The first-order valence-corrected chi connectivity index (χ1v) is 7.95. The number of rotatable bonds is 3. The lowest BCUT2D eigenvalue weighted by Crippen LogP contribution is -2.23. The molecule has 78 valence electrons. The summed E-state index contributed by atoms with van der Waals surface area (Å²) in [4.78, 5) is 0. The van der Waals surface area contributed by atoms with Gasteiger partial charge in [-0.05, 0) is 10.3 Å². The van der Waals surface area contributed by atoms with Crippen LogP contribution in [0.25, 0.3) is 0 Å². The number of hydrogen-bond acceptors (Lipinski definition) is 4. The zero-order valence-electron chi connectivity index (χ0n) is 7.94. The topological polar surface area (TPSA) is 23.2 Å². The first-order valence-electron chi connectivity index (χ1n) is 4.82. The number of nitrogens with zero attached hydrogens (tertiary/aromatic N) is 1. The van der Waals surface area contributed by atoms with Crippen LogP contribution in [0.5, 0.6) is 0 Å². The van der Waals surface area contributed by atoms with Gasteiger partial charge in [0.1, 0.15) is 13.1 Å². The summed E-state index contributed by atoms with van der Waals surface area (Å²) in [6.07, 6.45) is 2.67. The van der Waals surface area contributed by atoms with Gasteiger partial charge >= 0.3 is 0 Å². The maximum atomic E-state index is 8.72. The fourth-order valence-corrected chi connectivity index (χ4v) is 5.23.